The molecule has 2 aromatic rings. The van der Waals surface area contributed by atoms with Gasteiger partial charge in [0.15, 0.2) is 5.82 Å². The minimum absolute atomic E-state index is 1.08. The van der Waals surface area contributed by atoms with Crippen LogP contribution in [0.3, 0.4) is 0 Å². The highest BCUT2D eigenvalue weighted by Crippen LogP contribution is 2.20. The molecule has 0 N–H and O–H groups in total. The number of hydrogen-bond acceptors (Lipinski definition) is 1. The fraction of sp³-hybridized carbons (Fsp3) is 0.462. The largest absolute Gasteiger partial charge is 0.302 e. The van der Waals surface area contributed by atoms with Crippen LogP contribution in [0.5, 0.6) is 0 Å². The molecule has 0 aliphatic carbocycles. The zero-order valence-electron chi connectivity index (χ0n) is 9.90. The van der Waals surface area contributed by atoms with E-state index in [-0.39, 0.29) is 0 Å². The van der Waals surface area contributed by atoms with E-state index < -0.39 is 0 Å². The smallest absolute Gasteiger partial charge is 0.159 e. The highest BCUT2D eigenvalue weighted by atomic mass is 15.3. The standard InChI is InChI=1S/C13H17N3/c1-10-6-7-11(2)16(10)13-9-12-5-3-4-8-15(12)14-13/h6-7,9H,3-5,8H2,1-2H3. The molecule has 0 saturated carbocycles. The molecular weight excluding hydrogens is 198 g/mol. The molecule has 0 atom stereocenters. The summed E-state index contributed by atoms with van der Waals surface area (Å²) in [5.41, 5.74) is 3.90. The summed E-state index contributed by atoms with van der Waals surface area (Å²) in [5.74, 6) is 1.08. The fourth-order valence-electron chi connectivity index (χ4n) is 2.54. The Morgan fingerprint density at radius 2 is 1.88 bits per heavy atom. The summed E-state index contributed by atoms with van der Waals surface area (Å²) < 4.78 is 4.39. The van der Waals surface area contributed by atoms with E-state index in [0.29, 0.717) is 0 Å². The van der Waals surface area contributed by atoms with Crippen molar-refractivity contribution >= 4 is 0 Å². The van der Waals surface area contributed by atoms with Gasteiger partial charge < -0.3 is 4.57 Å². The maximum atomic E-state index is 4.69. The summed E-state index contributed by atoms with van der Waals surface area (Å²) in [6, 6.07) is 6.53. The first-order chi connectivity index (χ1) is 7.75. The lowest BCUT2D eigenvalue weighted by Crippen LogP contribution is -2.11. The lowest BCUT2D eigenvalue weighted by Gasteiger charge is -2.11. The van der Waals surface area contributed by atoms with Crippen LogP contribution in [0.1, 0.15) is 29.9 Å². The maximum Gasteiger partial charge on any atom is 0.159 e. The molecule has 0 unspecified atom stereocenters. The first-order valence-electron chi connectivity index (χ1n) is 5.98. The van der Waals surface area contributed by atoms with E-state index in [9.17, 15) is 0 Å². The van der Waals surface area contributed by atoms with Crippen molar-refractivity contribution in [2.45, 2.75) is 39.7 Å². The fourth-order valence-corrected chi connectivity index (χ4v) is 2.54. The van der Waals surface area contributed by atoms with E-state index >= 15 is 0 Å². The van der Waals surface area contributed by atoms with Gasteiger partial charge in [-0.15, -0.1) is 0 Å². The predicted molar refractivity (Wildman–Crippen MR) is 64.0 cm³/mol. The van der Waals surface area contributed by atoms with Gasteiger partial charge in [-0.2, -0.15) is 5.10 Å². The molecule has 0 fully saturated rings. The van der Waals surface area contributed by atoms with E-state index in [2.05, 4.69) is 41.3 Å². The van der Waals surface area contributed by atoms with Gasteiger partial charge in [-0.25, -0.2) is 0 Å². The van der Waals surface area contributed by atoms with E-state index in [1.165, 1.54) is 36.3 Å². The van der Waals surface area contributed by atoms with Crippen LogP contribution in [0, 0.1) is 13.8 Å². The Bertz CT molecular complexity index is 476. The minimum atomic E-state index is 1.08. The molecule has 0 bridgehead atoms. The van der Waals surface area contributed by atoms with Gasteiger partial charge in [-0.3, -0.25) is 4.68 Å². The minimum Gasteiger partial charge on any atom is -0.302 e. The lowest BCUT2D eigenvalue weighted by atomic mass is 10.1. The topological polar surface area (TPSA) is 22.8 Å². The molecule has 0 saturated heterocycles. The molecule has 0 amide bonds. The number of hydrogen-bond donors (Lipinski definition) is 0. The Kier molecular flexibility index (Phi) is 2.13. The zero-order valence-corrected chi connectivity index (χ0v) is 9.90. The van der Waals surface area contributed by atoms with Crippen molar-refractivity contribution in [3.63, 3.8) is 0 Å². The van der Waals surface area contributed by atoms with Crippen LogP contribution in [-0.2, 0) is 13.0 Å². The Morgan fingerprint density at radius 1 is 1.12 bits per heavy atom. The van der Waals surface area contributed by atoms with Gasteiger partial charge >= 0.3 is 0 Å². The molecule has 3 heterocycles. The van der Waals surface area contributed by atoms with Gasteiger partial charge in [-0.05, 0) is 45.2 Å². The third-order valence-corrected chi connectivity index (χ3v) is 3.40. The van der Waals surface area contributed by atoms with Crippen molar-refractivity contribution < 1.29 is 0 Å². The van der Waals surface area contributed by atoms with Gasteiger partial charge in [0.25, 0.3) is 0 Å². The average molecular weight is 215 g/mol. The van der Waals surface area contributed by atoms with Crippen LogP contribution in [-0.4, -0.2) is 14.3 Å². The van der Waals surface area contributed by atoms with Gasteiger partial charge in [0.1, 0.15) is 0 Å². The summed E-state index contributed by atoms with van der Waals surface area (Å²) in [4.78, 5) is 0. The normalized spacial score (nSPS) is 15.1. The van der Waals surface area contributed by atoms with Gasteiger partial charge in [-0.1, -0.05) is 0 Å². The SMILES string of the molecule is Cc1ccc(C)n1-c1cc2n(n1)CCCC2. The molecule has 0 radical (unpaired) electrons. The molecule has 3 heteroatoms. The van der Waals surface area contributed by atoms with E-state index in [4.69, 9.17) is 5.10 Å². The van der Waals surface area contributed by atoms with Crippen LogP contribution in [0.2, 0.25) is 0 Å². The molecule has 2 aromatic heterocycles. The van der Waals surface area contributed by atoms with Crippen molar-refractivity contribution in [3.8, 4) is 5.82 Å². The maximum absolute atomic E-state index is 4.69. The molecule has 16 heavy (non-hydrogen) atoms. The molecule has 84 valence electrons. The predicted octanol–water partition coefficient (Wildman–Crippen LogP) is 2.63. The van der Waals surface area contributed by atoms with Crippen LogP contribution >= 0.6 is 0 Å². The highest BCUT2D eigenvalue weighted by Gasteiger charge is 2.14. The average Bonchev–Trinajstić information content (AvgIpc) is 2.82. The van der Waals surface area contributed by atoms with E-state index in [0.717, 1.165) is 12.4 Å². The summed E-state index contributed by atoms with van der Waals surface area (Å²) in [7, 11) is 0. The van der Waals surface area contributed by atoms with Crippen LogP contribution in [0.25, 0.3) is 5.82 Å². The highest BCUT2D eigenvalue weighted by molar-refractivity contribution is 5.33. The molecule has 0 spiro atoms. The van der Waals surface area contributed by atoms with E-state index in [1.807, 2.05) is 0 Å². The monoisotopic (exact) mass is 215 g/mol. The van der Waals surface area contributed by atoms with E-state index in [1.54, 1.807) is 0 Å². The number of aromatic nitrogens is 3. The van der Waals surface area contributed by atoms with Crippen molar-refractivity contribution in [3.05, 3.63) is 35.3 Å². The second-order valence-corrected chi connectivity index (χ2v) is 4.63. The second-order valence-electron chi connectivity index (χ2n) is 4.63. The van der Waals surface area contributed by atoms with Gasteiger partial charge in [0.05, 0.1) is 0 Å². The summed E-state index contributed by atoms with van der Waals surface area (Å²) >= 11 is 0. The van der Waals surface area contributed by atoms with Crippen LogP contribution in [0.15, 0.2) is 18.2 Å². The lowest BCUT2D eigenvalue weighted by molar-refractivity contribution is 0.485. The Balaban J connectivity index is 2.10. The number of aryl methyl sites for hydroxylation is 4. The molecule has 1 aliphatic heterocycles. The van der Waals surface area contributed by atoms with Gasteiger partial charge in [0, 0.05) is 29.7 Å². The number of fused-ring (bicyclic) bond motifs is 1. The third kappa shape index (κ3) is 1.39. The van der Waals surface area contributed by atoms with Crippen molar-refractivity contribution in [1.29, 1.82) is 0 Å². The van der Waals surface area contributed by atoms with Crippen LogP contribution < -0.4 is 0 Å². The third-order valence-electron chi connectivity index (χ3n) is 3.40. The van der Waals surface area contributed by atoms with Crippen LogP contribution in [0.4, 0.5) is 0 Å². The molecular formula is C13H17N3. The Labute approximate surface area is 95.7 Å². The quantitative estimate of drug-likeness (QED) is 0.717. The summed E-state index contributed by atoms with van der Waals surface area (Å²) in [6.45, 7) is 5.34. The van der Waals surface area contributed by atoms with Crippen molar-refractivity contribution in [2.24, 2.45) is 0 Å². The summed E-state index contributed by atoms with van der Waals surface area (Å²) in [6.07, 6.45) is 3.74. The zero-order chi connectivity index (χ0) is 11.1. The molecule has 3 nitrogen and oxygen atoms in total. The molecule has 0 aromatic carbocycles. The van der Waals surface area contributed by atoms with Gasteiger partial charge in [0.2, 0.25) is 0 Å². The van der Waals surface area contributed by atoms with Crippen molar-refractivity contribution in [1.82, 2.24) is 14.3 Å². The molecule has 3 rings (SSSR count). The Morgan fingerprint density at radius 3 is 2.56 bits per heavy atom. The van der Waals surface area contributed by atoms with Crippen molar-refractivity contribution in [2.75, 3.05) is 0 Å². The summed E-state index contributed by atoms with van der Waals surface area (Å²) in [5, 5.41) is 4.69. The second kappa shape index (κ2) is 3.51. The molecule has 1 aliphatic rings. The first-order valence-corrected chi connectivity index (χ1v) is 5.98. The Hall–Kier alpha value is -1.51. The first kappa shape index (κ1) is 9.70. The number of nitrogens with zero attached hydrogens (tertiary/aromatic N) is 3. The number of rotatable bonds is 1.